The molecule has 1 saturated heterocycles. The van der Waals surface area contributed by atoms with Crippen LogP contribution in [0.2, 0.25) is 5.02 Å². The lowest BCUT2D eigenvalue weighted by atomic mass is 10.2. The van der Waals surface area contributed by atoms with Crippen molar-refractivity contribution in [3.63, 3.8) is 0 Å². The van der Waals surface area contributed by atoms with Gasteiger partial charge in [0.1, 0.15) is 0 Å². The quantitative estimate of drug-likeness (QED) is 0.236. The van der Waals surface area contributed by atoms with E-state index in [0.717, 1.165) is 5.69 Å². The van der Waals surface area contributed by atoms with E-state index in [1.54, 1.807) is 41.1 Å². The predicted molar refractivity (Wildman–Crippen MR) is 147 cm³/mol. The highest BCUT2D eigenvalue weighted by molar-refractivity contribution is 7.71. The molecule has 3 aromatic carbocycles. The largest absolute Gasteiger partial charge is 0.379 e. The average molecular weight is 544 g/mol. The van der Waals surface area contributed by atoms with Crippen LogP contribution in [0.25, 0.3) is 0 Å². The molecule has 12 heteroatoms. The van der Waals surface area contributed by atoms with E-state index < -0.39 is 12.4 Å². The van der Waals surface area contributed by atoms with E-state index in [2.05, 4.69) is 10.4 Å². The van der Waals surface area contributed by atoms with Crippen LogP contribution in [0.4, 0.5) is 22.7 Å². The van der Waals surface area contributed by atoms with Gasteiger partial charge in [-0.15, -0.1) is 0 Å². The Morgan fingerprint density at radius 1 is 1.05 bits per heavy atom. The van der Waals surface area contributed by atoms with Gasteiger partial charge in [0.2, 0.25) is 0 Å². The number of benzene rings is 3. The van der Waals surface area contributed by atoms with E-state index >= 15 is 0 Å². The smallest absolute Gasteiger partial charge is 0.269 e. The summed E-state index contributed by atoms with van der Waals surface area (Å²) >= 11 is 5.97. The highest BCUT2D eigenvalue weighted by Gasteiger charge is 2.37. The number of nitrogens with one attached hydrogen (secondary N) is 2. The predicted octanol–water partition coefficient (Wildman–Crippen LogP) is 4.83. The number of nitrogens with zero attached hydrogens (tertiary/aromatic N) is 3. The summed E-state index contributed by atoms with van der Waals surface area (Å²) in [6.07, 6.45) is 0. The van der Waals surface area contributed by atoms with Crippen LogP contribution in [0.5, 0.6) is 0 Å². The van der Waals surface area contributed by atoms with Crippen molar-refractivity contribution in [2.24, 2.45) is 0 Å². The van der Waals surface area contributed by atoms with Gasteiger partial charge in [0.05, 0.1) is 29.1 Å². The van der Waals surface area contributed by atoms with Gasteiger partial charge in [0, 0.05) is 61.3 Å². The third kappa shape index (κ3) is 6.11. The highest BCUT2D eigenvalue weighted by atomic mass is 35.5. The Morgan fingerprint density at radius 3 is 2.30 bits per heavy atom. The van der Waals surface area contributed by atoms with Gasteiger partial charge < -0.3 is 20.0 Å². The maximum absolute atomic E-state index is 14.9. The molecule has 0 radical (unpaired) electrons. The van der Waals surface area contributed by atoms with Crippen molar-refractivity contribution in [1.29, 1.82) is 0 Å². The standard InChI is InChI=1S/C25H27ClN5O5P/c1-29(2)22-11-12-24(23(17-22)27-25(32)18-3-5-19(26)6-4-18)37(35,30-13-15-36-16-14-30)28-20-7-9-21(10-8-20)31(33)34/h3-12,17H,13-16H2,1-2H3,(H,27,32)(H,28,35)/t37-/m1/s1. The van der Waals surface area contributed by atoms with E-state index in [-0.39, 0.29) is 11.6 Å². The minimum atomic E-state index is -3.57. The molecule has 4 rings (SSSR count). The number of amides is 1. The van der Waals surface area contributed by atoms with Crippen LogP contribution in [0, 0.1) is 10.1 Å². The Balaban J connectivity index is 1.78. The van der Waals surface area contributed by atoms with Crippen LogP contribution in [0.1, 0.15) is 10.4 Å². The first-order valence-electron chi connectivity index (χ1n) is 11.5. The highest BCUT2D eigenvalue weighted by Crippen LogP contribution is 2.51. The first kappa shape index (κ1) is 26.6. The summed E-state index contributed by atoms with van der Waals surface area (Å²) in [4.78, 5) is 25.6. The van der Waals surface area contributed by atoms with Gasteiger partial charge in [-0.3, -0.25) is 19.5 Å². The molecular formula is C25H27ClN5O5P. The van der Waals surface area contributed by atoms with Gasteiger partial charge in [0.25, 0.3) is 19.0 Å². The van der Waals surface area contributed by atoms with Gasteiger partial charge in [-0.1, -0.05) is 11.6 Å². The number of nitro benzene ring substituents is 1. The number of hydrogen-bond donors (Lipinski definition) is 2. The van der Waals surface area contributed by atoms with Crippen molar-refractivity contribution in [2.45, 2.75) is 0 Å². The van der Waals surface area contributed by atoms with Crippen molar-refractivity contribution in [3.05, 3.63) is 87.4 Å². The van der Waals surface area contributed by atoms with E-state index in [4.69, 9.17) is 16.3 Å². The number of halogens is 1. The molecular weight excluding hydrogens is 517 g/mol. The number of morpholine rings is 1. The molecule has 0 bridgehead atoms. The van der Waals surface area contributed by atoms with Gasteiger partial charge in [-0.05, 0) is 54.6 Å². The maximum Gasteiger partial charge on any atom is 0.269 e. The molecule has 1 aliphatic rings. The van der Waals surface area contributed by atoms with Crippen LogP contribution in [0.15, 0.2) is 66.7 Å². The van der Waals surface area contributed by atoms with Crippen molar-refractivity contribution >= 4 is 53.0 Å². The molecule has 0 spiro atoms. The Bertz CT molecular complexity index is 1330. The number of nitro groups is 1. The lowest BCUT2D eigenvalue weighted by Gasteiger charge is -2.36. The number of hydrogen-bond acceptors (Lipinski definition) is 6. The summed E-state index contributed by atoms with van der Waals surface area (Å²) < 4.78 is 22.2. The lowest BCUT2D eigenvalue weighted by Crippen LogP contribution is -2.39. The Kier molecular flexibility index (Phi) is 8.14. The summed E-state index contributed by atoms with van der Waals surface area (Å²) in [6.45, 7) is 1.59. The second-order valence-electron chi connectivity index (χ2n) is 8.61. The van der Waals surface area contributed by atoms with E-state index in [1.807, 2.05) is 25.1 Å². The minimum Gasteiger partial charge on any atom is -0.379 e. The zero-order chi connectivity index (χ0) is 26.6. The van der Waals surface area contributed by atoms with Crippen LogP contribution in [-0.4, -0.2) is 55.9 Å². The number of non-ortho nitro benzene ring substituents is 1. The number of anilines is 3. The summed E-state index contributed by atoms with van der Waals surface area (Å²) in [7, 11) is 0.171. The zero-order valence-corrected chi connectivity index (χ0v) is 22.0. The number of rotatable bonds is 8. The van der Waals surface area contributed by atoms with Gasteiger partial charge in [0.15, 0.2) is 0 Å². The van der Waals surface area contributed by atoms with Gasteiger partial charge >= 0.3 is 0 Å². The van der Waals surface area contributed by atoms with Crippen molar-refractivity contribution < 1.29 is 19.0 Å². The third-order valence-electron chi connectivity index (χ3n) is 5.92. The first-order valence-corrected chi connectivity index (χ1v) is 13.6. The van der Waals surface area contributed by atoms with Crippen LogP contribution in [0.3, 0.4) is 0 Å². The first-order chi connectivity index (χ1) is 17.7. The fraction of sp³-hybridized carbons (Fsp3) is 0.240. The van der Waals surface area contributed by atoms with E-state index in [1.165, 1.54) is 24.3 Å². The lowest BCUT2D eigenvalue weighted by molar-refractivity contribution is -0.384. The average Bonchev–Trinajstić information content (AvgIpc) is 2.89. The van der Waals surface area contributed by atoms with E-state index in [0.29, 0.717) is 53.6 Å². The van der Waals surface area contributed by atoms with Crippen molar-refractivity contribution in [2.75, 3.05) is 55.7 Å². The Labute approximate surface area is 219 Å². The summed E-state index contributed by atoms with van der Waals surface area (Å²) in [6, 6.07) is 17.6. The Morgan fingerprint density at radius 2 is 1.70 bits per heavy atom. The number of ether oxygens (including phenoxy) is 1. The number of carbonyl (C=O) groups excluding carboxylic acids is 1. The second-order valence-corrected chi connectivity index (χ2v) is 11.5. The fourth-order valence-corrected chi connectivity index (χ4v) is 6.56. The molecule has 194 valence electrons. The molecule has 0 aromatic heterocycles. The van der Waals surface area contributed by atoms with Crippen molar-refractivity contribution in [1.82, 2.24) is 4.67 Å². The van der Waals surface area contributed by atoms with Crippen LogP contribution in [-0.2, 0) is 9.30 Å². The van der Waals surface area contributed by atoms with Gasteiger partial charge in [-0.2, -0.15) is 0 Å². The van der Waals surface area contributed by atoms with Crippen molar-refractivity contribution in [3.8, 4) is 0 Å². The fourth-order valence-electron chi connectivity index (χ4n) is 3.91. The second kappa shape index (κ2) is 11.3. The molecule has 0 aliphatic carbocycles. The summed E-state index contributed by atoms with van der Waals surface area (Å²) in [5, 5.41) is 18.1. The molecule has 3 aromatic rings. The number of carbonyl (C=O) groups is 1. The molecule has 1 heterocycles. The molecule has 0 saturated carbocycles. The summed E-state index contributed by atoms with van der Waals surface area (Å²) in [5.74, 6) is -0.377. The normalized spacial score (nSPS) is 15.4. The molecule has 1 atom stereocenters. The zero-order valence-electron chi connectivity index (χ0n) is 20.4. The SMILES string of the molecule is CN(C)c1ccc([P@@](=O)(Nc2ccc([N+](=O)[O-])cc2)N2CCOCC2)c(NC(=O)c2ccc(Cl)cc2)c1. The summed E-state index contributed by atoms with van der Waals surface area (Å²) in [5.41, 5.74) is 1.97. The molecule has 37 heavy (non-hydrogen) atoms. The molecule has 0 unspecified atom stereocenters. The van der Waals surface area contributed by atoms with Crippen LogP contribution < -0.4 is 20.6 Å². The molecule has 1 fully saturated rings. The van der Waals surface area contributed by atoms with E-state index in [9.17, 15) is 19.5 Å². The van der Waals surface area contributed by atoms with Gasteiger partial charge in [-0.25, -0.2) is 4.67 Å². The van der Waals surface area contributed by atoms with Crippen LogP contribution >= 0.6 is 19.0 Å². The molecule has 10 nitrogen and oxygen atoms in total. The third-order valence-corrected chi connectivity index (χ3v) is 8.98. The molecule has 2 N–H and O–H groups in total. The maximum atomic E-state index is 14.9. The molecule has 1 amide bonds. The Hall–Kier alpha value is -3.43. The monoisotopic (exact) mass is 543 g/mol. The molecule has 1 aliphatic heterocycles. The topological polar surface area (TPSA) is 117 Å². The minimum absolute atomic E-state index is 0.0713.